The fraction of sp³-hybridized carbons (Fsp3) is 0.263. The topological polar surface area (TPSA) is 78.9 Å². The van der Waals surface area contributed by atoms with Gasteiger partial charge in [0.05, 0.1) is 18.7 Å². The predicted octanol–water partition coefficient (Wildman–Crippen LogP) is 2.18. The zero-order chi connectivity index (χ0) is 17.8. The average molecular weight is 340 g/mol. The molecule has 0 aromatic heterocycles. The van der Waals surface area contributed by atoms with Crippen molar-refractivity contribution >= 4 is 11.9 Å². The lowest BCUT2D eigenvalue weighted by molar-refractivity contribution is 0.0631. The van der Waals surface area contributed by atoms with Gasteiger partial charge in [-0.15, -0.1) is 0 Å². The number of nitrogens with zero attached hydrogens (tertiary/aromatic N) is 1. The highest BCUT2D eigenvalue weighted by Crippen LogP contribution is 2.31. The van der Waals surface area contributed by atoms with Crippen molar-refractivity contribution in [2.24, 2.45) is 0 Å². The van der Waals surface area contributed by atoms with Crippen molar-refractivity contribution in [1.29, 1.82) is 0 Å². The van der Waals surface area contributed by atoms with Gasteiger partial charge in [-0.3, -0.25) is 4.79 Å². The number of methoxy groups -OCH3 is 1. The van der Waals surface area contributed by atoms with Crippen LogP contribution in [0, 0.1) is 0 Å². The maximum absolute atomic E-state index is 13.0. The third-order valence-corrected chi connectivity index (χ3v) is 4.36. The Labute approximate surface area is 146 Å². The molecule has 6 heteroatoms. The summed E-state index contributed by atoms with van der Waals surface area (Å²) in [5.41, 5.74) is 1.41. The summed E-state index contributed by atoms with van der Waals surface area (Å²) >= 11 is 0. The molecule has 0 bridgehead atoms. The fourth-order valence-electron chi connectivity index (χ4n) is 3.12. The number of benzene rings is 2. The molecule has 2 aromatic rings. The van der Waals surface area contributed by atoms with Crippen LogP contribution >= 0.6 is 0 Å². The Morgan fingerprint density at radius 3 is 2.68 bits per heavy atom. The van der Waals surface area contributed by atoms with E-state index in [9.17, 15) is 9.59 Å². The first kappa shape index (κ1) is 17.0. The van der Waals surface area contributed by atoms with Gasteiger partial charge >= 0.3 is 5.97 Å². The monoisotopic (exact) mass is 340 g/mol. The standard InChI is InChI=1S/C19H20N2O4/c1-25-17-8-3-2-7-15(17)16-12-20-9-10-21(16)18(22)13-5-4-6-14(11-13)19(23)24/h2-8,11,16,20H,9-10,12H2,1H3,(H,23,24). The Kier molecular flexibility index (Phi) is 5.00. The lowest BCUT2D eigenvalue weighted by Crippen LogP contribution is -2.48. The summed E-state index contributed by atoms with van der Waals surface area (Å²) in [6.45, 7) is 1.85. The van der Waals surface area contributed by atoms with Crippen molar-refractivity contribution in [3.8, 4) is 5.75 Å². The van der Waals surface area contributed by atoms with Gasteiger partial charge in [-0.2, -0.15) is 0 Å². The number of amides is 1. The summed E-state index contributed by atoms with van der Waals surface area (Å²) in [6, 6.07) is 13.6. The molecule has 1 saturated heterocycles. The lowest BCUT2D eigenvalue weighted by Gasteiger charge is -2.37. The van der Waals surface area contributed by atoms with E-state index in [0.29, 0.717) is 25.2 Å². The minimum atomic E-state index is -1.05. The van der Waals surface area contributed by atoms with Crippen LogP contribution < -0.4 is 10.1 Å². The van der Waals surface area contributed by atoms with Crippen LogP contribution in [-0.2, 0) is 0 Å². The van der Waals surface area contributed by atoms with E-state index in [-0.39, 0.29) is 17.5 Å². The van der Waals surface area contributed by atoms with E-state index in [1.165, 1.54) is 12.1 Å². The summed E-state index contributed by atoms with van der Waals surface area (Å²) in [6.07, 6.45) is 0. The molecule has 1 unspecified atom stereocenters. The maximum atomic E-state index is 13.0. The largest absolute Gasteiger partial charge is 0.496 e. The second kappa shape index (κ2) is 7.36. The molecule has 2 N–H and O–H groups in total. The third-order valence-electron chi connectivity index (χ3n) is 4.36. The summed E-state index contributed by atoms with van der Waals surface area (Å²) in [5.74, 6) is -0.495. The van der Waals surface area contributed by atoms with Crippen LogP contribution in [0.4, 0.5) is 0 Å². The van der Waals surface area contributed by atoms with E-state index in [1.54, 1.807) is 24.1 Å². The zero-order valence-electron chi connectivity index (χ0n) is 13.9. The summed E-state index contributed by atoms with van der Waals surface area (Å²) < 4.78 is 5.44. The van der Waals surface area contributed by atoms with Gasteiger partial charge in [0, 0.05) is 30.8 Å². The number of carboxylic acids is 1. The average Bonchev–Trinajstić information content (AvgIpc) is 2.67. The minimum absolute atomic E-state index is 0.106. The summed E-state index contributed by atoms with van der Waals surface area (Å²) in [5, 5.41) is 12.5. The SMILES string of the molecule is COc1ccccc1C1CNCCN1C(=O)c1cccc(C(=O)O)c1. The molecule has 130 valence electrons. The smallest absolute Gasteiger partial charge is 0.335 e. The van der Waals surface area contributed by atoms with Gasteiger partial charge in [-0.1, -0.05) is 24.3 Å². The second-order valence-corrected chi connectivity index (χ2v) is 5.85. The van der Waals surface area contributed by atoms with Gasteiger partial charge in [0.25, 0.3) is 5.91 Å². The first-order valence-electron chi connectivity index (χ1n) is 8.10. The molecule has 1 fully saturated rings. The highest BCUT2D eigenvalue weighted by atomic mass is 16.5. The van der Waals surface area contributed by atoms with Crippen molar-refractivity contribution < 1.29 is 19.4 Å². The molecule has 1 aliphatic rings. The number of carbonyl (C=O) groups is 2. The summed E-state index contributed by atoms with van der Waals surface area (Å²) in [7, 11) is 1.61. The molecule has 0 saturated carbocycles. The van der Waals surface area contributed by atoms with Crippen LogP contribution in [-0.4, -0.2) is 48.6 Å². The predicted molar refractivity (Wildman–Crippen MR) is 93.0 cm³/mol. The molecule has 1 aliphatic heterocycles. The zero-order valence-corrected chi connectivity index (χ0v) is 13.9. The Morgan fingerprint density at radius 1 is 1.16 bits per heavy atom. The van der Waals surface area contributed by atoms with Crippen LogP contribution in [0.1, 0.15) is 32.3 Å². The molecule has 0 radical (unpaired) electrons. The van der Waals surface area contributed by atoms with Gasteiger partial charge in [0.1, 0.15) is 5.75 Å². The van der Waals surface area contributed by atoms with Crippen LogP contribution in [0.15, 0.2) is 48.5 Å². The number of ether oxygens (including phenoxy) is 1. The number of rotatable bonds is 4. The number of hydrogen-bond acceptors (Lipinski definition) is 4. The molecule has 25 heavy (non-hydrogen) atoms. The molecule has 2 aromatic carbocycles. The van der Waals surface area contributed by atoms with Crippen molar-refractivity contribution in [2.75, 3.05) is 26.7 Å². The van der Waals surface area contributed by atoms with Gasteiger partial charge in [-0.25, -0.2) is 4.79 Å². The van der Waals surface area contributed by atoms with Crippen molar-refractivity contribution in [3.05, 3.63) is 65.2 Å². The van der Waals surface area contributed by atoms with Crippen molar-refractivity contribution in [2.45, 2.75) is 6.04 Å². The first-order valence-corrected chi connectivity index (χ1v) is 8.10. The first-order chi connectivity index (χ1) is 12.1. The second-order valence-electron chi connectivity index (χ2n) is 5.85. The van der Waals surface area contributed by atoms with E-state index >= 15 is 0 Å². The number of carbonyl (C=O) groups excluding carboxylic acids is 1. The van der Waals surface area contributed by atoms with Gasteiger partial charge in [-0.05, 0) is 24.3 Å². The normalized spacial score (nSPS) is 17.2. The molecule has 1 amide bonds. The van der Waals surface area contributed by atoms with Gasteiger partial charge in [0.2, 0.25) is 0 Å². The number of nitrogens with one attached hydrogen (secondary N) is 1. The van der Waals surface area contributed by atoms with E-state index < -0.39 is 5.97 Å². The van der Waals surface area contributed by atoms with Crippen molar-refractivity contribution in [3.63, 3.8) is 0 Å². The highest BCUT2D eigenvalue weighted by molar-refractivity contribution is 5.97. The molecule has 1 atom stereocenters. The van der Waals surface area contributed by atoms with Gasteiger partial charge in [0.15, 0.2) is 0 Å². The van der Waals surface area contributed by atoms with Crippen LogP contribution in [0.3, 0.4) is 0 Å². The van der Waals surface area contributed by atoms with Crippen LogP contribution in [0.25, 0.3) is 0 Å². The molecular formula is C19H20N2O4. The number of piperazine rings is 1. The Balaban J connectivity index is 1.94. The molecule has 6 nitrogen and oxygen atoms in total. The number of aromatic carboxylic acids is 1. The number of carboxylic acid groups (broad SMARTS) is 1. The van der Waals surface area contributed by atoms with Crippen LogP contribution in [0.5, 0.6) is 5.75 Å². The van der Waals surface area contributed by atoms with Gasteiger partial charge < -0.3 is 20.1 Å². The van der Waals surface area contributed by atoms with E-state index in [2.05, 4.69) is 5.32 Å². The van der Waals surface area contributed by atoms with Crippen molar-refractivity contribution in [1.82, 2.24) is 10.2 Å². The third kappa shape index (κ3) is 3.49. The fourth-order valence-corrected chi connectivity index (χ4v) is 3.12. The van der Waals surface area contributed by atoms with E-state index in [4.69, 9.17) is 9.84 Å². The van der Waals surface area contributed by atoms with E-state index in [0.717, 1.165) is 11.3 Å². The van der Waals surface area contributed by atoms with E-state index in [1.807, 2.05) is 24.3 Å². The quantitative estimate of drug-likeness (QED) is 0.892. The lowest BCUT2D eigenvalue weighted by atomic mass is 10.0. The molecular weight excluding hydrogens is 320 g/mol. The Hall–Kier alpha value is -2.86. The Morgan fingerprint density at radius 2 is 1.92 bits per heavy atom. The maximum Gasteiger partial charge on any atom is 0.335 e. The Bertz CT molecular complexity index is 790. The summed E-state index contributed by atoms with van der Waals surface area (Å²) in [4.78, 5) is 26.0. The minimum Gasteiger partial charge on any atom is -0.496 e. The molecule has 1 heterocycles. The number of hydrogen-bond donors (Lipinski definition) is 2. The molecule has 0 spiro atoms. The highest BCUT2D eigenvalue weighted by Gasteiger charge is 2.30. The number of para-hydroxylation sites is 1. The van der Waals surface area contributed by atoms with Crippen LogP contribution in [0.2, 0.25) is 0 Å². The molecule has 0 aliphatic carbocycles. The molecule has 3 rings (SSSR count).